The summed E-state index contributed by atoms with van der Waals surface area (Å²) in [6.07, 6.45) is 2.36. The minimum Gasteiger partial charge on any atom is -0.424 e. The molecule has 1 unspecified atom stereocenters. The Labute approximate surface area is 124 Å². The van der Waals surface area contributed by atoms with Crippen LogP contribution in [0.4, 0.5) is 0 Å². The van der Waals surface area contributed by atoms with E-state index in [0.717, 1.165) is 23.4 Å². The molecule has 1 aromatic heterocycles. The van der Waals surface area contributed by atoms with Crippen LogP contribution in [-0.2, 0) is 12.8 Å². The number of aryl methyl sites for hydroxylation is 2. The van der Waals surface area contributed by atoms with Crippen LogP contribution >= 0.6 is 11.6 Å². The van der Waals surface area contributed by atoms with Gasteiger partial charge in [0.1, 0.15) is 0 Å². The largest absolute Gasteiger partial charge is 0.424 e. The first kappa shape index (κ1) is 15.0. The van der Waals surface area contributed by atoms with Crippen molar-refractivity contribution >= 4 is 11.6 Å². The van der Waals surface area contributed by atoms with Gasteiger partial charge in [0.2, 0.25) is 11.8 Å². The van der Waals surface area contributed by atoms with Gasteiger partial charge in [-0.1, -0.05) is 37.6 Å². The maximum atomic E-state index is 6.02. The molecule has 1 heterocycles. The van der Waals surface area contributed by atoms with Crippen LogP contribution in [0.15, 0.2) is 28.7 Å². The molecule has 5 heteroatoms. The maximum absolute atomic E-state index is 6.02. The Kier molecular flexibility index (Phi) is 5.15. The van der Waals surface area contributed by atoms with Gasteiger partial charge in [0.15, 0.2) is 0 Å². The zero-order chi connectivity index (χ0) is 14.5. The normalized spacial score (nSPS) is 12.8. The smallest absolute Gasteiger partial charge is 0.233 e. The average Bonchev–Trinajstić information content (AvgIpc) is 2.84. The van der Waals surface area contributed by atoms with Gasteiger partial charge in [-0.2, -0.15) is 0 Å². The molecule has 0 radical (unpaired) electrons. The Morgan fingerprint density at radius 2 is 2.05 bits per heavy atom. The second kappa shape index (κ2) is 6.86. The molecular weight excluding hydrogens is 274 g/mol. The highest BCUT2D eigenvalue weighted by atomic mass is 35.5. The summed E-state index contributed by atoms with van der Waals surface area (Å²) in [5.41, 5.74) is 7.18. The summed E-state index contributed by atoms with van der Waals surface area (Å²) >= 11 is 5.95. The second-order valence-corrected chi connectivity index (χ2v) is 5.84. The molecule has 1 atom stereocenters. The molecule has 0 fully saturated rings. The molecule has 0 aliphatic heterocycles. The molecule has 0 saturated heterocycles. The average molecular weight is 294 g/mol. The van der Waals surface area contributed by atoms with E-state index < -0.39 is 0 Å². The van der Waals surface area contributed by atoms with Crippen molar-refractivity contribution in [1.82, 2.24) is 10.2 Å². The molecule has 108 valence electrons. The number of aromatic nitrogens is 2. The van der Waals surface area contributed by atoms with Crippen molar-refractivity contribution < 1.29 is 4.42 Å². The topological polar surface area (TPSA) is 64.9 Å². The van der Waals surface area contributed by atoms with Crippen molar-refractivity contribution in [1.29, 1.82) is 0 Å². The number of rotatable bonds is 6. The van der Waals surface area contributed by atoms with E-state index in [9.17, 15) is 0 Å². The summed E-state index contributed by atoms with van der Waals surface area (Å²) in [6.45, 7) is 4.24. The molecule has 0 bridgehead atoms. The van der Waals surface area contributed by atoms with Crippen LogP contribution in [0.25, 0.3) is 0 Å². The van der Waals surface area contributed by atoms with Gasteiger partial charge < -0.3 is 10.2 Å². The van der Waals surface area contributed by atoms with Gasteiger partial charge >= 0.3 is 0 Å². The predicted molar refractivity (Wildman–Crippen MR) is 79.5 cm³/mol. The van der Waals surface area contributed by atoms with Crippen LogP contribution in [0.1, 0.15) is 43.7 Å². The summed E-state index contributed by atoms with van der Waals surface area (Å²) < 4.78 is 5.62. The molecule has 1 aromatic carbocycles. The lowest BCUT2D eigenvalue weighted by molar-refractivity contribution is 0.383. The molecule has 4 nitrogen and oxygen atoms in total. The fourth-order valence-corrected chi connectivity index (χ4v) is 2.28. The molecule has 0 aliphatic carbocycles. The van der Waals surface area contributed by atoms with E-state index >= 15 is 0 Å². The third-order valence-electron chi connectivity index (χ3n) is 3.04. The quantitative estimate of drug-likeness (QED) is 0.884. The first-order valence-electron chi connectivity index (χ1n) is 6.87. The van der Waals surface area contributed by atoms with Crippen LogP contribution in [0, 0.1) is 5.92 Å². The fraction of sp³-hybridized carbons (Fsp3) is 0.467. The first-order valence-corrected chi connectivity index (χ1v) is 7.24. The third-order valence-corrected chi connectivity index (χ3v) is 3.28. The summed E-state index contributed by atoms with van der Waals surface area (Å²) in [6, 6.07) is 7.61. The molecule has 20 heavy (non-hydrogen) atoms. The van der Waals surface area contributed by atoms with Crippen molar-refractivity contribution in [3.05, 3.63) is 46.6 Å². The molecule has 0 amide bonds. The number of nitrogens with zero attached hydrogens (tertiary/aromatic N) is 2. The lowest BCUT2D eigenvalue weighted by atomic mass is 10.0. The Morgan fingerprint density at radius 1 is 1.25 bits per heavy atom. The zero-order valence-electron chi connectivity index (χ0n) is 11.8. The molecule has 2 N–H and O–H groups in total. The monoisotopic (exact) mass is 293 g/mol. The van der Waals surface area contributed by atoms with E-state index in [1.807, 2.05) is 24.3 Å². The van der Waals surface area contributed by atoms with Crippen LogP contribution in [0.3, 0.4) is 0 Å². The van der Waals surface area contributed by atoms with Crippen LogP contribution < -0.4 is 5.73 Å². The van der Waals surface area contributed by atoms with E-state index in [2.05, 4.69) is 24.0 Å². The molecule has 2 rings (SSSR count). The van der Waals surface area contributed by atoms with Gasteiger partial charge in [-0.25, -0.2) is 0 Å². The SMILES string of the molecule is CC(C)CC(N)c1nnc(CCc2cccc(Cl)c2)o1. The Balaban J connectivity index is 1.93. The third kappa shape index (κ3) is 4.32. The Bertz CT molecular complexity index is 554. The van der Waals surface area contributed by atoms with Crippen LogP contribution in [-0.4, -0.2) is 10.2 Å². The minimum atomic E-state index is -0.178. The summed E-state index contributed by atoms with van der Waals surface area (Å²) in [5.74, 6) is 1.66. The standard InChI is InChI=1S/C15H20ClN3O/c1-10(2)8-13(17)15-19-18-14(20-15)7-6-11-4-3-5-12(16)9-11/h3-5,9-10,13H,6-8,17H2,1-2H3. The lowest BCUT2D eigenvalue weighted by Crippen LogP contribution is -2.13. The summed E-state index contributed by atoms with van der Waals surface area (Å²) in [5, 5.41) is 8.83. The van der Waals surface area contributed by atoms with Crippen molar-refractivity contribution in [3.63, 3.8) is 0 Å². The second-order valence-electron chi connectivity index (χ2n) is 5.40. The lowest BCUT2D eigenvalue weighted by Gasteiger charge is -2.08. The van der Waals surface area contributed by atoms with Crippen molar-refractivity contribution in [2.75, 3.05) is 0 Å². The number of halogens is 1. The van der Waals surface area contributed by atoms with Crippen LogP contribution in [0.5, 0.6) is 0 Å². The van der Waals surface area contributed by atoms with E-state index in [-0.39, 0.29) is 6.04 Å². The molecule has 0 aliphatic rings. The highest BCUT2D eigenvalue weighted by molar-refractivity contribution is 6.30. The number of hydrogen-bond donors (Lipinski definition) is 1. The highest BCUT2D eigenvalue weighted by Gasteiger charge is 2.15. The number of benzene rings is 1. The van der Waals surface area contributed by atoms with E-state index in [4.69, 9.17) is 21.8 Å². The van der Waals surface area contributed by atoms with Crippen molar-refractivity contribution in [3.8, 4) is 0 Å². The highest BCUT2D eigenvalue weighted by Crippen LogP contribution is 2.18. The maximum Gasteiger partial charge on any atom is 0.233 e. The Hall–Kier alpha value is -1.39. The fourth-order valence-electron chi connectivity index (χ4n) is 2.07. The van der Waals surface area contributed by atoms with Gasteiger partial charge in [0, 0.05) is 11.4 Å². The van der Waals surface area contributed by atoms with Crippen LogP contribution in [0.2, 0.25) is 5.02 Å². The van der Waals surface area contributed by atoms with E-state index in [1.165, 1.54) is 0 Å². The summed E-state index contributed by atoms with van der Waals surface area (Å²) in [4.78, 5) is 0. The van der Waals surface area contributed by atoms with Crippen molar-refractivity contribution in [2.45, 2.75) is 39.2 Å². The van der Waals surface area contributed by atoms with Gasteiger partial charge in [-0.15, -0.1) is 10.2 Å². The first-order chi connectivity index (χ1) is 9.54. The number of hydrogen-bond acceptors (Lipinski definition) is 4. The molecular formula is C15H20ClN3O. The zero-order valence-corrected chi connectivity index (χ0v) is 12.6. The molecule has 2 aromatic rings. The van der Waals surface area contributed by atoms with E-state index in [0.29, 0.717) is 24.1 Å². The minimum absolute atomic E-state index is 0.178. The molecule has 0 saturated carbocycles. The van der Waals surface area contributed by atoms with Crippen molar-refractivity contribution in [2.24, 2.45) is 11.7 Å². The Morgan fingerprint density at radius 3 is 2.75 bits per heavy atom. The number of nitrogens with two attached hydrogens (primary N) is 1. The van der Waals surface area contributed by atoms with Gasteiger partial charge in [-0.3, -0.25) is 0 Å². The summed E-state index contributed by atoms with van der Waals surface area (Å²) in [7, 11) is 0. The van der Waals surface area contributed by atoms with E-state index in [1.54, 1.807) is 0 Å². The molecule has 0 spiro atoms. The van der Waals surface area contributed by atoms with Gasteiger partial charge in [0.05, 0.1) is 6.04 Å². The predicted octanol–water partition coefficient (Wildman–Crippen LogP) is 3.55. The van der Waals surface area contributed by atoms with Gasteiger partial charge in [-0.05, 0) is 36.5 Å². The van der Waals surface area contributed by atoms with Gasteiger partial charge in [0.25, 0.3) is 0 Å².